The molecule has 0 heterocycles. The summed E-state index contributed by atoms with van der Waals surface area (Å²) in [4.78, 5) is 16.0. The van der Waals surface area contributed by atoms with Crippen LogP contribution in [0.2, 0.25) is 0 Å². The largest absolute Gasteiger partial charge is 0.431 e. The Kier molecular flexibility index (Phi) is 5.63. The third-order valence-electron chi connectivity index (χ3n) is 4.16. The van der Waals surface area contributed by atoms with Crippen LogP contribution in [0.25, 0.3) is 5.57 Å². The summed E-state index contributed by atoms with van der Waals surface area (Å²) in [5.41, 5.74) is 9.85. The first-order chi connectivity index (χ1) is 12.4. The molecule has 7 heteroatoms. The molecular formula is C20H22F3N3O. The van der Waals surface area contributed by atoms with Crippen LogP contribution < -0.4 is 11.5 Å². The molecule has 0 fully saturated rings. The maximum atomic E-state index is 13.3. The van der Waals surface area contributed by atoms with E-state index in [9.17, 15) is 18.0 Å². The number of nitrogens with zero attached hydrogens (tertiary/aromatic N) is 1. The highest BCUT2D eigenvalue weighted by molar-refractivity contribution is 6.12. The van der Waals surface area contributed by atoms with Crippen molar-refractivity contribution in [2.45, 2.75) is 32.9 Å². The van der Waals surface area contributed by atoms with Gasteiger partial charge in [0.2, 0.25) is 0 Å². The van der Waals surface area contributed by atoms with Gasteiger partial charge in [0.1, 0.15) is 11.5 Å². The summed E-state index contributed by atoms with van der Waals surface area (Å²) in [6.45, 7) is 7.50. The van der Waals surface area contributed by atoms with E-state index in [2.05, 4.69) is 11.6 Å². The topological polar surface area (TPSA) is 81.5 Å². The number of halogens is 3. The lowest BCUT2D eigenvalue weighted by molar-refractivity contribution is -0.117. The van der Waals surface area contributed by atoms with Crippen LogP contribution in [0, 0.1) is 5.41 Å². The second-order valence-electron chi connectivity index (χ2n) is 7.25. The predicted octanol–water partition coefficient (Wildman–Crippen LogP) is 4.11. The smallest absolute Gasteiger partial charge is 0.394 e. The van der Waals surface area contributed by atoms with Crippen molar-refractivity contribution in [3.05, 3.63) is 65.5 Å². The van der Waals surface area contributed by atoms with Crippen LogP contribution in [-0.4, -0.2) is 17.8 Å². The molecule has 0 aromatic heterocycles. The Morgan fingerprint density at radius 1 is 1.15 bits per heavy atom. The second-order valence-corrected chi connectivity index (χ2v) is 7.25. The lowest BCUT2D eigenvalue weighted by Gasteiger charge is -2.27. The second kappa shape index (κ2) is 7.42. The zero-order valence-corrected chi connectivity index (χ0v) is 15.2. The van der Waals surface area contributed by atoms with Gasteiger partial charge in [-0.05, 0) is 23.0 Å². The molecule has 1 aromatic rings. The average molecular weight is 377 g/mol. The third-order valence-corrected chi connectivity index (χ3v) is 4.16. The number of carbonyl (C=O) groups is 1. The Morgan fingerprint density at radius 3 is 2.26 bits per heavy atom. The quantitative estimate of drug-likeness (QED) is 0.471. The molecule has 0 aliphatic heterocycles. The van der Waals surface area contributed by atoms with Crippen molar-refractivity contribution in [3.8, 4) is 0 Å². The first-order valence-corrected chi connectivity index (χ1v) is 8.30. The highest BCUT2D eigenvalue weighted by atomic mass is 19.4. The number of nitrogens with two attached hydrogens (primary N) is 2. The molecule has 0 atom stereocenters. The molecule has 0 saturated heterocycles. The van der Waals surface area contributed by atoms with Crippen LogP contribution in [0.15, 0.2) is 64.9 Å². The Balaban J connectivity index is 2.55. The van der Waals surface area contributed by atoms with E-state index in [-0.39, 0.29) is 16.8 Å². The van der Waals surface area contributed by atoms with Gasteiger partial charge in [0, 0.05) is 18.2 Å². The monoisotopic (exact) mass is 377 g/mol. The van der Waals surface area contributed by atoms with Gasteiger partial charge >= 0.3 is 6.18 Å². The van der Waals surface area contributed by atoms with Gasteiger partial charge in [-0.3, -0.25) is 4.79 Å². The first kappa shape index (κ1) is 20.5. The van der Waals surface area contributed by atoms with Crippen LogP contribution in [0.1, 0.15) is 32.3 Å². The molecule has 0 unspecified atom stereocenters. The van der Waals surface area contributed by atoms with Gasteiger partial charge < -0.3 is 11.5 Å². The molecule has 144 valence electrons. The Hall–Kier alpha value is -2.83. The number of hydrogen-bond acceptors (Lipinski definition) is 3. The normalized spacial score (nSPS) is 18.6. The molecule has 0 saturated carbocycles. The molecule has 0 bridgehead atoms. The molecule has 1 aliphatic carbocycles. The minimum absolute atomic E-state index is 0.00803. The minimum Gasteiger partial charge on any atom is -0.394 e. The Morgan fingerprint density at radius 2 is 1.74 bits per heavy atom. The van der Waals surface area contributed by atoms with Crippen LogP contribution in [0.3, 0.4) is 0 Å². The first-order valence-electron chi connectivity index (χ1n) is 8.30. The highest BCUT2D eigenvalue weighted by Gasteiger charge is 2.36. The number of rotatable bonds is 4. The summed E-state index contributed by atoms with van der Waals surface area (Å²) in [6, 6.07) is 8.27. The van der Waals surface area contributed by atoms with E-state index in [4.69, 9.17) is 11.5 Å². The molecule has 2 rings (SSSR count). The summed E-state index contributed by atoms with van der Waals surface area (Å²) in [6.07, 6.45) is -2.74. The van der Waals surface area contributed by atoms with Gasteiger partial charge in [-0.25, -0.2) is 4.99 Å². The molecule has 27 heavy (non-hydrogen) atoms. The van der Waals surface area contributed by atoms with Gasteiger partial charge in [0.05, 0.1) is 5.57 Å². The Labute approximate surface area is 156 Å². The van der Waals surface area contributed by atoms with E-state index in [1.54, 1.807) is 30.3 Å². The van der Waals surface area contributed by atoms with Crippen molar-refractivity contribution >= 4 is 17.2 Å². The van der Waals surface area contributed by atoms with Gasteiger partial charge in [0.15, 0.2) is 5.78 Å². The average Bonchev–Trinajstić information content (AvgIpc) is 2.52. The number of amidine groups is 1. The van der Waals surface area contributed by atoms with Crippen LogP contribution in [0.4, 0.5) is 13.2 Å². The molecule has 0 radical (unpaired) electrons. The van der Waals surface area contributed by atoms with E-state index in [0.29, 0.717) is 24.1 Å². The van der Waals surface area contributed by atoms with Crippen LogP contribution in [0.5, 0.6) is 0 Å². The van der Waals surface area contributed by atoms with Gasteiger partial charge in [-0.2, -0.15) is 13.2 Å². The fraction of sp³-hybridized carbons (Fsp3) is 0.300. The van der Waals surface area contributed by atoms with Crippen molar-refractivity contribution in [2.24, 2.45) is 21.9 Å². The molecule has 0 spiro atoms. The van der Waals surface area contributed by atoms with E-state index >= 15 is 0 Å². The van der Waals surface area contributed by atoms with Crippen molar-refractivity contribution in [1.82, 2.24) is 0 Å². The van der Waals surface area contributed by atoms with Crippen molar-refractivity contribution in [3.63, 3.8) is 0 Å². The summed E-state index contributed by atoms with van der Waals surface area (Å²) in [5.74, 6) is -0.565. The standard InChI is InChI=1S/C20H22F3N3O/c1-12(13-7-5-4-6-8-13)16(17(24)20(21,22)23)18(25)26-14-9-15(27)11-19(2,3)10-14/h4-9H,1,10-11,24H2,2-3H3,(H2,25,26)/b17-16-. The highest BCUT2D eigenvalue weighted by Crippen LogP contribution is 2.35. The third kappa shape index (κ3) is 5.09. The lowest BCUT2D eigenvalue weighted by Crippen LogP contribution is -2.29. The number of carbonyl (C=O) groups excluding carboxylic acids is 1. The minimum atomic E-state index is -4.80. The van der Waals surface area contributed by atoms with Gasteiger partial charge in [-0.1, -0.05) is 50.8 Å². The van der Waals surface area contributed by atoms with Crippen LogP contribution >= 0.6 is 0 Å². The fourth-order valence-corrected chi connectivity index (χ4v) is 2.98. The lowest BCUT2D eigenvalue weighted by atomic mass is 9.79. The van der Waals surface area contributed by atoms with E-state index in [0.717, 1.165) is 0 Å². The summed E-state index contributed by atoms with van der Waals surface area (Å²) >= 11 is 0. The molecule has 0 amide bonds. The van der Waals surface area contributed by atoms with E-state index in [1.165, 1.54) is 6.08 Å². The molecule has 1 aromatic carbocycles. The number of hydrogen-bond donors (Lipinski definition) is 2. The molecule has 1 aliphatic rings. The zero-order chi connectivity index (χ0) is 20.4. The number of benzene rings is 1. The van der Waals surface area contributed by atoms with E-state index in [1.807, 2.05) is 13.8 Å². The van der Waals surface area contributed by atoms with Crippen molar-refractivity contribution in [1.29, 1.82) is 0 Å². The van der Waals surface area contributed by atoms with Gasteiger partial charge in [0.25, 0.3) is 0 Å². The summed E-state index contributed by atoms with van der Waals surface area (Å²) in [5, 5.41) is 0. The maximum Gasteiger partial charge on any atom is 0.431 e. The van der Waals surface area contributed by atoms with Crippen LogP contribution in [-0.2, 0) is 4.79 Å². The Bertz CT molecular complexity index is 847. The molecule has 4 N–H and O–H groups in total. The molecular weight excluding hydrogens is 355 g/mol. The maximum absolute atomic E-state index is 13.3. The fourth-order valence-electron chi connectivity index (χ4n) is 2.98. The summed E-state index contributed by atoms with van der Waals surface area (Å²) in [7, 11) is 0. The van der Waals surface area contributed by atoms with E-state index < -0.39 is 23.3 Å². The number of aliphatic imine (C=N–C) groups is 1. The summed E-state index contributed by atoms with van der Waals surface area (Å²) < 4.78 is 39.9. The van der Waals surface area contributed by atoms with Crippen molar-refractivity contribution < 1.29 is 18.0 Å². The number of allylic oxidation sites excluding steroid dienone is 3. The van der Waals surface area contributed by atoms with Crippen molar-refractivity contribution in [2.75, 3.05) is 0 Å². The predicted molar refractivity (Wildman–Crippen MR) is 100 cm³/mol. The SMILES string of the molecule is C=C(/C(C(N)=NC1=CC(=O)CC(C)(C)C1)=C(/N)C(F)(F)F)c1ccccc1. The van der Waals surface area contributed by atoms with Gasteiger partial charge in [-0.15, -0.1) is 0 Å². The number of ketones is 1. The number of alkyl halides is 3. The zero-order valence-electron chi connectivity index (χ0n) is 15.2. The molecule has 4 nitrogen and oxygen atoms in total.